The molecule has 0 heterocycles. The first-order valence-electron chi connectivity index (χ1n) is 6.30. The highest BCUT2D eigenvalue weighted by Gasteiger charge is 1.99. The van der Waals surface area contributed by atoms with Crippen LogP contribution in [0.2, 0.25) is 0 Å². The summed E-state index contributed by atoms with van der Waals surface area (Å²) < 4.78 is 5.12. The predicted octanol–water partition coefficient (Wildman–Crippen LogP) is 4.64. The van der Waals surface area contributed by atoms with Crippen molar-refractivity contribution in [3.63, 3.8) is 0 Å². The fourth-order valence-electron chi connectivity index (χ4n) is 1.34. The highest BCUT2D eigenvalue weighted by atomic mass is 16.5. The molecule has 0 radical (unpaired) electrons. The van der Waals surface area contributed by atoms with Crippen molar-refractivity contribution >= 4 is 5.90 Å². The lowest BCUT2D eigenvalue weighted by atomic mass is 10.1. The third kappa shape index (κ3) is 9.61. The zero-order valence-electron chi connectivity index (χ0n) is 11.5. The molecule has 0 fully saturated rings. The summed E-state index contributed by atoms with van der Waals surface area (Å²) in [7, 11) is 0. The van der Waals surface area contributed by atoms with Gasteiger partial charge in [0.2, 0.25) is 0 Å². The summed E-state index contributed by atoms with van der Waals surface area (Å²) in [5, 5.41) is 7.55. The minimum absolute atomic E-state index is 0.389. The first kappa shape index (κ1) is 15.7. The van der Waals surface area contributed by atoms with Gasteiger partial charge < -0.3 is 4.74 Å². The molecule has 0 atom stereocenters. The van der Waals surface area contributed by atoms with E-state index < -0.39 is 0 Å². The van der Waals surface area contributed by atoms with E-state index in [9.17, 15) is 0 Å². The van der Waals surface area contributed by atoms with Crippen LogP contribution >= 0.6 is 0 Å². The Kier molecular flexibility index (Phi) is 9.12. The molecule has 2 heteroatoms. The largest absolute Gasteiger partial charge is 0.481 e. The maximum atomic E-state index is 7.55. The van der Waals surface area contributed by atoms with Crippen LogP contribution in [0.4, 0.5) is 0 Å². The number of nitrogens with one attached hydrogen (secondary N) is 1. The van der Waals surface area contributed by atoms with E-state index in [0.29, 0.717) is 18.9 Å². The molecule has 0 saturated carbocycles. The molecule has 0 rings (SSSR count). The summed E-state index contributed by atoms with van der Waals surface area (Å²) in [5.74, 6) is 0.389. The Labute approximate surface area is 106 Å². The van der Waals surface area contributed by atoms with E-state index >= 15 is 0 Å². The molecule has 0 aliphatic rings. The fourth-order valence-corrected chi connectivity index (χ4v) is 1.34. The minimum Gasteiger partial charge on any atom is -0.481 e. The van der Waals surface area contributed by atoms with Gasteiger partial charge in [-0.15, -0.1) is 0 Å². The van der Waals surface area contributed by atoms with Gasteiger partial charge in [0.25, 0.3) is 0 Å². The molecule has 0 bridgehead atoms. The Morgan fingerprint density at radius 2 is 1.71 bits per heavy atom. The van der Waals surface area contributed by atoms with Gasteiger partial charge in [0, 0.05) is 6.42 Å². The van der Waals surface area contributed by atoms with Crippen LogP contribution in [0.25, 0.3) is 0 Å². The Bertz CT molecular complexity index is 307. The molecule has 96 valence electrons. The molecule has 2 nitrogen and oxygen atoms in total. The van der Waals surface area contributed by atoms with Crippen LogP contribution in [0, 0.1) is 5.41 Å². The number of hydrogen-bond donors (Lipinski definition) is 1. The maximum absolute atomic E-state index is 7.55. The highest BCUT2D eigenvalue weighted by Crippen LogP contribution is 2.10. The molecule has 0 unspecified atom stereocenters. The van der Waals surface area contributed by atoms with Crippen molar-refractivity contribution in [1.29, 1.82) is 5.41 Å². The SMILES string of the molecule is CCOC(=N)CC/C(=C/C=C\C=C(C)C)CC. The summed E-state index contributed by atoms with van der Waals surface area (Å²) in [6.07, 6.45) is 11.0. The first-order valence-corrected chi connectivity index (χ1v) is 6.30. The van der Waals surface area contributed by atoms with E-state index in [-0.39, 0.29) is 0 Å². The van der Waals surface area contributed by atoms with Gasteiger partial charge in [-0.2, -0.15) is 0 Å². The van der Waals surface area contributed by atoms with Crippen LogP contribution in [-0.4, -0.2) is 12.5 Å². The second kappa shape index (κ2) is 9.88. The second-order valence-corrected chi connectivity index (χ2v) is 4.16. The molecule has 0 saturated heterocycles. The third-order valence-electron chi connectivity index (χ3n) is 2.32. The molecule has 0 aromatic heterocycles. The smallest absolute Gasteiger partial charge is 0.180 e. The average Bonchev–Trinajstić information content (AvgIpc) is 2.28. The van der Waals surface area contributed by atoms with Crippen LogP contribution in [0.3, 0.4) is 0 Å². The molecule has 0 aliphatic carbocycles. The Morgan fingerprint density at radius 3 is 2.24 bits per heavy atom. The number of hydrogen-bond acceptors (Lipinski definition) is 2. The average molecular weight is 235 g/mol. The molecule has 0 aromatic rings. The Hall–Kier alpha value is -1.31. The van der Waals surface area contributed by atoms with E-state index in [4.69, 9.17) is 10.1 Å². The molecule has 0 aromatic carbocycles. The number of allylic oxidation sites excluding steroid dienone is 6. The van der Waals surface area contributed by atoms with Gasteiger partial charge in [-0.25, -0.2) is 0 Å². The Morgan fingerprint density at radius 1 is 1.06 bits per heavy atom. The van der Waals surface area contributed by atoms with Gasteiger partial charge in [-0.3, -0.25) is 5.41 Å². The van der Waals surface area contributed by atoms with Crippen molar-refractivity contribution in [2.45, 2.75) is 47.0 Å². The van der Waals surface area contributed by atoms with Crippen LogP contribution in [-0.2, 0) is 4.74 Å². The molecular weight excluding hydrogens is 210 g/mol. The molecule has 0 spiro atoms. The molecule has 0 aliphatic heterocycles. The summed E-state index contributed by atoms with van der Waals surface area (Å²) in [6.45, 7) is 8.80. The van der Waals surface area contributed by atoms with Gasteiger partial charge >= 0.3 is 0 Å². The van der Waals surface area contributed by atoms with Gasteiger partial charge in [0.05, 0.1) is 6.61 Å². The number of ether oxygens (including phenoxy) is 1. The summed E-state index contributed by atoms with van der Waals surface area (Å²) in [5.41, 5.74) is 2.65. The van der Waals surface area contributed by atoms with Crippen molar-refractivity contribution in [1.82, 2.24) is 0 Å². The van der Waals surface area contributed by atoms with Crippen molar-refractivity contribution < 1.29 is 4.74 Å². The standard InChI is InChI=1S/C15H25NO/c1-5-14(10-8-7-9-13(3)4)11-12-15(16)17-6-2/h7-10,16H,5-6,11-12H2,1-4H3/b8-7-,14-10+,16-15?. The lowest BCUT2D eigenvalue weighted by Gasteiger charge is -2.06. The third-order valence-corrected chi connectivity index (χ3v) is 2.32. The normalized spacial score (nSPS) is 11.6. The quantitative estimate of drug-likeness (QED) is 0.389. The van der Waals surface area contributed by atoms with Crippen molar-refractivity contribution in [2.24, 2.45) is 0 Å². The second-order valence-electron chi connectivity index (χ2n) is 4.16. The topological polar surface area (TPSA) is 33.1 Å². The van der Waals surface area contributed by atoms with E-state index in [1.54, 1.807) is 0 Å². The van der Waals surface area contributed by atoms with Gasteiger partial charge in [0.1, 0.15) is 0 Å². The first-order chi connectivity index (χ1) is 8.10. The molecule has 0 amide bonds. The van der Waals surface area contributed by atoms with Gasteiger partial charge in [-0.05, 0) is 33.6 Å². The van der Waals surface area contributed by atoms with Crippen LogP contribution in [0.1, 0.15) is 47.0 Å². The van der Waals surface area contributed by atoms with Crippen LogP contribution < -0.4 is 0 Å². The van der Waals surface area contributed by atoms with E-state index in [1.165, 1.54) is 11.1 Å². The van der Waals surface area contributed by atoms with Gasteiger partial charge in [-0.1, -0.05) is 42.4 Å². The van der Waals surface area contributed by atoms with Crippen LogP contribution in [0.15, 0.2) is 35.5 Å². The highest BCUT2D eigenvalue weighted by molar-refractivity contribution is 5.72. The van der Waals surface area contributed by atoms with E-state index in [1.807, 2.05) is 6.92 Å². The Balaban J connectivity index is 4.14. The van der Waals surface area contributed by atoms with Crippen molar-refractivity contribution in [3.05, 3.63) is 35.5 Å². The lowest BCUT2D eigenvalue weighted by molar-refractivity contribution is 0.314. The van der Waals surface area contributed by atoms with E-state index in [2.05, 4.69) is 45.1 Å². The lowest BCUT2D eigenvalue weighted by Crippen LogP contribution is -2.02. The van der Waals surface area contributed by atoms with Crippen molar-refractivity contribution in [3.8, 4) is 0 Å². The zero-order chi connectivity index (χ0) is 13.1. The summed E-state index contributed by atoms with van der Waals surface area (Å²) in [4.78, 5) is 0. The molecule has 17 heavy (non-hydrogen) atoms. The van der Waals surface area contributed by atoms with Crippen LogP contribution in [0.5, 0.6) is 0 Å². The maximum Gasteiger partial charge on any atom is 0.180 e. The monoisotopic (exact) mass is 235 g/mol. The molecule has 1 N–H and O–H groups in total. The predicted molar refractivity (Wildman–Crippen MR) is 75.5 cm³/mol. The summed E-state index contributed by atoms with van der Waals surface area (Å²) in [6, 6.07) is 0. The number of rotatable bonds is 7. The van der Waals surface area contributed by atoms with Crippen molar-refractivity contribution in [2.75, 3.05) is 6.61 Å². The van der Waals surface area contributed by atoms with E-state index in [0.717, 1.165) is 12.8 Å². The zero-order valence-corrected chi connectivity index (χ0v) is 11.5. The van der Waals surface area contributed by atoms with Gasteiger partial charge in [0.15, 0.2) is 5.90 Å². The molecular formula is C15H25NO. The summed E-state index contributed by atoms with van der Waals surface area (Å²) >= 11 is 0. The fraction of sp³-hybridized carbons (Fsp3) is 0.533. The minimum atomic E-state index is 0.389.